The van der Waals surface area contributed by atoms with Crippen LogP contribution in [0.4, 0.5) is 0 Å². The Morgan fingerprint density at radius 1 is 1.11 bits per heavy atom. The van der Waals surface area contributed by atoms with Gasteiger partial charge in [-0.1, -0.05) is 53.0 Å². The summed E-state index contributed by atoms with van der Waals surface area (Å²) in [4.78, 5) is 0. The summed E-state index contributed by atoms with van der Waals surface area (Å²) in [5.41, 5.74) is 1.89. The summed E-state index contributed by atoms with van der Waals surface area (Å²) in [6.07, 6.45) is 5.19. The molecular weight excluding hydrogens is 423 g/mol. The lowest BCUT2D eigenvalue weighted by Gasteiger charge is -2.10. The average Bonchev–Trinajstić information content (AvgIpc) is 3.23. The van der Waals surface area contributed by atoms with Crippen LogP contribution in [0.25, 0.3) is 10.1 Å². The minimum atomic E-state index is -0.712. The molecule has 2 aromatic carbocycles. The molecule has 3 nitrogen and oxygen atoms in total. The summed E-state index contributed by atoms with van der Waals surface area (Å²) in [6.45, 7) is 1.15. The number of aromatic nitrogens is 2. The van der Waals surface area contributed by atoms with Gasteiger partial charge >= 0.3 is 0 Å². The molecule has 1 atom stereocenters. The highest BCUT2D eigenvalue weighted by Crippen LogP contribution is 2.32. The second-order valence-corrected chi connectivity index (χ2v) is 8.47. The number of aliphatic hydroxyl groups is 1. The Morgan fingerprint density at radius 3 is 2.78 bits per heavy atom. The van der Waals surface area contributed by atoms with Gasteiger partial charge < -0.3 is 5.11 Å². The average molecular weight is 439 g/mol. The maximum absolute atomic E-state index is 10.5. The van der Waals surface area contributed by atoms with Crippen LogP contribution in [0.5, 0.6) is 0 Å². The molecule has 0 aliphatic heterocycles. The Labute approximate surface area is 176 Å². The molecule has 138 valence electrons. The van der Waals surface area contributed by atoms with Crippen molar-refractivity contribution in [3.05, 3.63) is 86.7 Å². The third-order valence-electron chi connectivity index (χ3n) is 4.44. The Kier molecular flexibility index (Phi) is 5.44. The molecule has 0 aliphatic rings. The van der Waals surface area contributed by atoms with Gasteiger partial charge in [0.15, 0.2) is 0 Å². The molecule has 4 aromatic rings. The van der Waals surface area contributed by atoms with E-state index in [1.807, 2.05) is 35.4 Å². The third kappa shape index (κ3) is 4.00. The topological polar surface area (TPSA) is 29.0 Å². The number of rotatable bonds is 5. The van der Waals surface area contributed by atoms with Gasteiger partial charge in [0.05, 0.1) is 9.72 Å². The summed E-state index contributed by atoms with van der Waals surface area (Å²) in [7, 11) is 0. The van der Waals surface area contributed by atoms with E-state index in [1.54, 1.807) is 29.5 Å². The zero-order chi connectivity index (χ0) is 19.0. The second-order valence-electron chi connectivity index (χ2n) is 6.34. The summed E-state index contributed by atoms with van der Waals surface area (Å²) < 4.78 is 5.14. The zero-order valence-electron chi connectivity index (χ0n) is 14.1. The predicted molar refractivity (Wildman–Crippen MR) is 112 cm³/mol. The highest BCUT2D eigenvalue weighted by atomic mass is 35.5. The lowest BCUT2D eigenvalue weighted by atomic mass is 10.1. The molecule has 4 rings (SSSR count). The van der Waals surface area contributed by atoms with E-state index in [-0.39, 0.29) is 0 Å². The van der Waals surface area contributed by atoms with Crippen molar-refractivity contribution >= 4 is 56.2 Å². The number of thiophene rings is 1. The molecule has 0 saturated heterocycles. The second kappa shape index (κ2) is 7.82. The maximum atomic E-state index is 10.5. The Hall–Kier alpha value is -1.56. The van der Waals surface area contributed by atoms with Crippen LogP contribution in [0.1, 0.15) is 17.2 Å². The minimum Gasteiger partial charge on any atom is -0.384 e. The van der Waals surface area contributed by atoms with E-state index in [0.717, 1.165) is 16.3 Å². The Morgan fingerprint density at radius 2 is 1.96 bits per heavy atom. The molecule has 0 amide bonds. The minimum absolute atomic E-state index is 0.407. The van der Waals surface area contributed by atoms with Crippen molar-refractivity contribution in [1.82, 2.24) is 4.57 Å². The Balaban J connectivity index is 1.50. The summed E-state index contributed by atoms with van der Waals surface area (Å²) in [6, 6.07) is 11.1. The molecule has 0 bridgehead atoms. The van der Waals surface area contributed by atoms with Gasteiger partial charge in [0.2, 0.25) is 6.33 Å². The number of halogens is 3. The molecule has 0 spiro atoms. The first-order valence-corrected chi connectivity index (χ1v) is 10.3. The molecule has 27 heavy (non-hydrogen) atoms. The first-order chi connectivity index (χ1) is 13.0. The van der Waals surface area contributed by atoms with Gasteiger partial charge in [0, 0.05) is 26.6 Å². The number of fused-ring (bicyclic) bond motifs is 1. The smallest absolute Gasteiger partial charge is 0.244 e. The SMILES string of the molecule is OC(Cn1cc[n+](Cc2csc3c(Cl)cccc23)c1)c1ccc(Cl)cc1Cl. The zero-order valence-corrected chi connectivity index (χ0v) is 17.2. The van der Waals surface area contributed by atoms with Crippen LogP contribution in [0, 0.1) is 0 Å². The number of hydrogen-bond donors (Lipinski definition) is 1. The maximum Gasteiger partial charge on any atom is 0.244 e. The predicted octanol–water partition coefficient (Wildman–Crippen LogP) is 5.73. The van der Waals surface area contributed by atoms with Gasteiger partial charge in [-0.05, 0) is 23.6 Å². The van der Waals surface area contributed by atoms with Gasteiger partial charge in [-0.15, -0.1) is 11.3 Å². The number of benzene rings is 2. The molecule has 1 unspecified atom stereocenters. The van der Waals surface area contributed by atoms with Gasteiger partial charge in [-0.25, -0.2) is 9.13 Å². The molecule has 0 radical (unpaired) electrons. The van der Waals surface area contributed by atoms with Crippen molar-refractivity contribution in [1.29, 1.82) is 0 Å². The molecule has 1 N–H and O–H groups in total. The number of aliphatic hydroxyl groups excluding tert-OH is 1. The first kappa shape index (κ1) is 18.8. The van der Waals surface area contributed by atoms with Crippen molar-refractivity contribution in [2.45, 2.75) is 19.2 Å². The third-order valence-corrected chi connectivity index (χ3v) is 6.50. The van der Waals surface area contributed by atoms with Gasteiger partial charge in [0.1, 0.15) is 31.6 Å². The Bertz CT molecular complexity index is 1110. The van der Waals surface area contributed by atoms with E-state index in [4.69, 9.17) is 34.8 Å². The standard InChI is InChI=1S/C20H16Cl3N2OS/c21-14-4-5-16(18(23)8-14)19(26)10-25-7-6-24(12-25)9-13-11-27-20-15(13)2-1-3-17(20)22/h1-8,11-12,19,26H,9-10H2/q+1. The fourth-order valence-corrected chi connectivity index (χ4v) is 4.92. The van der Waals surface area contributed by atoms with Crippen LogP contribution in [-0.2, 0) is 13.1 Å². The van der Waals surface area contributed by atoms with E-state index in [2.05, 4.69) is 16.0 Å². The first-order valence-electron chi connectivity index (χ1n) is 8.33. The van der Waals surface area contributed by atoms with E-state index in [1.165, 1.54) is 10.9 Å². The van der Waals surface area contributed by atoms with Crippen LogP contribution in [0.2, 0.25) is 15.1 Å². The van der Waals surface area contributed by atoms with Crippen LogP contribution in [-0.4, -0.2) is 9.67 Å². The van der Waals surface area contributed by atoms with Crippen LogP contribution in [0.15, 0.2) is 60.5 Å². The van der Waals surface area contributed by atoms with E-state index >= 15 is 0 Å². The van der Waals surface area contributed by atoms with Crippen molar-refractivity contribution in [2.75, 3.05) is 0 Å². The molecule has 0 aliphatic carbocycles. The highest BCUT2D eigenvalue weighted by Gasteiger charge is 2.17. The fourth-order valence-electron chi connectivity index (χ4n) is 3.10. The lowest BCUT2D eigenvalue weighted by molar-refractivity contribution is -0.687. The lowest BCUT2D eigenvalue weighted by Crippen LogP contribution is -2.31. The van der Waals surface area contributed by atoms with Crippen LogP contribution >= 0.6 is 46.1 Å². The van der Waals surface area contributed by atoms with E-state index < -0.39 is 6.10 Å². The monoisotopic (exact) mass is 437 g/mol. The van der Waals surface area contributed by atoms with Crippen molar-refractivity contribution < 1.29 is 9.67 Å². The molecule has 2 aromatic heterocycles. The van der Waals surface area contributed by atoms with Gasteiger partial charge in [-0.3, -0.25) is 0 Å². The summed E-state index contributed by atoms with van der Waals surface area (Å²) >= 11 is 20.0. The largest absolute Gasteiger partial charge is 0.384 e. The van der Waals surface area contributed by atoms with Crippen molar-refractivity contribution in [3.8, 4) is 0 Å². The van der Waals surface area contributed by atoms with Crippen LogP contribution in [0.3, 0.4) is 0 Å². The summed E-state index contributed by atoms with van der Waals surface area (Å²) in [5.74, 6) is 0. The van der Waals surface area contributed by atoms with Crippen LogP contribution < -0.4 is 4.57 Å². The molecule has 0 saturated carbocycles. The van der Waals surface area contributed by atoms with Crippen molar-refractivity contribution in [3.63, 3.8) is 0 Å². The molecular formula is C20H16Cl3N2OS+. The summed E-state index contributed by atoms with van der Waals surface area (Å²) in [5, 5.41) is 15.6. The van der Waals surface area contributed by atoms with Gasteiger partial charge in [0.25, 0.3) is 0 Å². The van der Waals surface area contributed by atoms with Crippen molar-refractivity contribution in [2.24, 2.45) is 0 Å². The molecule has 0 fully saturated rings. The molecule has 7 heteroatoms. The van der Waals surface area contributed by atoms with E-state index in [0.29, 0.717) is 22.2 Å². The highest BCUT2D eigenvalue weighted by molar-refractivity contribution is 7.18. The number of nitrogens with zero attached hydrogens (tertiary/aromatic N) is 2. The fraction of sp³-hybridized carbons (Fsp3) is 0.150. The van der Waals surface area contributed by atoms with Gasteiger partial charge in [-0.2, -0.15) is 0 Å². The number of hydrogen-bond acceptors (Lipinski definition) is 2. The quantitative estimate of drug-likeness (QED) is 0.396. The number of imidazole rings is 1. The van der Waals surface area contributed by atoms with E-state index in [9.17, 15) is 5.11 Å². The molecule has 2 heterocycles. The normalized spacial score (nSPS) is 12.6.